The first kappa shape index (κ1) is 14.5. The Morgan fingerprint density at radius 1 is 1.24 bits per heavy atom. The Morgan fingerprint density at radius 2 is 1.95 bits per heavy atom. The molecule has 1 aliphatic heterocycles. The van der Waals surface area contributed by atoms with Crippen LogP contribution in [0.4, 0.5) is 0 Å². The third kappa shape index (κ3) is 2.47. The first-order valence-corrected chi connectivity index (χ1v) is 7.78. The highest BCUT2D eigenvalue weighted by atomic mass is 16.5. The van der Waals surface area contributed by atoms with Crippen molar-refractivity contribution in [3.63, 3.8) is 0 Å². The normalized spacial score (nSPS) is 38.3. The maximum absolute atomic E-state index is 12.7. The summed E-state index contributed by atoms with van der Waals surface area (Å²) in [5.41, 5.74) is 8.63. The molecule has 1 aromatic carbocycles. The van der Waals surface area contributed by atoms with Crippen LogP contribution in [0.2, 0.25) is 0 Å². The lowest BCUT2D eigenvalue weighted by molar-refractivity contribution is -0.128. The number of nitrogens with two attached hydrogens (primary N) is 1. The molecule has 3 N–H and O–H groups in total. The van der Waals surface area contributed by atoms with Crippen LogP contribution < -0.4 is 11.1 Å². The number of carbonyl (C=O) groups is 1. The van der Waals surface area contributed by atoms with E-state index in [1.54, 1.807) is 0 Å². The minimum atomic E-state index is -0.0973. The van der Waals surface area contributed by atoms with E-state index in [0.29, 0.717) is 0 Å². The molecule has 0 radical (unpaired) electrons. The smallest absolute Gasteiger partial charge is 0.226 e. The topological polar surface area (TPSA) is 64.3 Å². The summed E-state index contributed by atoms with van der Waals surface area (Å²) >= 11 is 0. The van der Waals surface area contributed by atoms with Gasteiger partial charge < -0.3 is 15.8 Å². The quantitative estimate of drug-likeness (QED) is 0.872. The van der Waals surface area contributed by atoms with E-state index in [-0.39, 0.29) is 42.0 Å². The van der Waals surface area contributed by atoms with Crippen molar-refractivity contribution in [2.24, 2.45) is 17.6 Å². The highest BCUT2D eigenvalue weighted by molar-refractivity contribution is 5.80. The van der Waals surface area contributed by atoms with Gasteiger partial charge in [-0.1, -0.05) is 31.2 Å². The largest absolute Gasteiger partial charge is 0.374 e. The van der Waals surface area contributed by atoms with Gasteiger partial charge in [0.2, 0.25) is 5.91 Å². The summed E-state index contributed by atoms with van der Waals surface area (Å²) < 4.78 is 5.78. The van der Waals surface area contributed by atoms with Crippen LogP contribution in [0, 0.1) is 11.8 Å². The molecule has 0 aromatic heterocycles. The maximum atomic E-state index is 12.7. The van der Waals surface area contributed by atoms with Gasteiger partial charge in [-0.3, -0.25) is 4.79 Å². The average Bonchev–Trinajstić information content (AvgIpc) is 2.88. The standard InChI is InChI=1S/C17H24N2O2/c1-9-10(2)21-11(3)15(9)17(20)19-16-13-7-5-4-6-12(13)8-14(16)18/h4-7,9-11,14-16H,8,18H2,1-3H3,(H,19,20). The molecule has 1 fully saturated rings. The highest BCUT2D eigenvalue weighted by Crippen LogP contribution is 2.35. The highest BCUT2D eigenvalue weighted by Gasteiger charge is 2.43. The molecule has 1 heterocycles. The number of nitrogens with one attached hydrogen (secondary N) is 1. The fourth-order valence-corrected chi connectivity index (χ4v) is 3.78. The number of hydrogen-bond donors (Lipinski definition) is 2. The number of benzene rings is 1. The zero-order valence-corrected chi connectivity index (χ0v) is 12.9. The first-order valence-electron chi connectivity index (χ1n) is 7.78. The monoisotopic (exact) mass is 288 g/mol. The van der Waals surface area contributed by atoms with Crippen molar-refractivity contribution in [3.8, 4) is 0 Å². The predicted octanol–water partition coefficient (Wildman–Crippen LogP) is 1.79. The zero-order valence-electron chi connectivity index (χ0n) is 12.9. The number of ether oxygens (including phenoxy) is 1. The molecular formula is C17H24N2O2. The SMILES string of the molecule is CC1OC(C)C(C(=O)NC2c3ccccc3CC2N)C1C. The molecule has 114 valence electrons. The molecule has 21 heavy (non-hydrogen) atoms. The second kappa shape index (κ2) is 5.43. The molecule has 0 saturated carbocycles. The van der Waals surface area contributed by atoms with E-state index in [2.05, 4.69) is 24.4 Å². The van der Waals surface area contributed by atoms with E-state index in [1.165, 1.54) is 5.56 Å². The Balaban J connectivity index is 1.76. The molecule has 6 atom stereocenters. The van der Waals surface area contributed by atoms with Crippen LogP contribution in [0.5, 0.6) is 0 Å². The van der Waals surface area contributed by atoms with Crippen molar-refractivity contribution in [2.75, 3.05) is 0 Å². The first-order chi connectivity index (χ1) is 9.99. The third-order valence-electron chi connectivity index (χ3n) is 5.12. The van der Waals surface area contributed by atoms with Crippen LogP contribution >= 0.6 is 0 Å². The van der Waals surface area contributed by atoms with Gasteiger partial charge in [0.1, 0.15) is 0 Å². The Hall–Kier alpha value is -1.39. The fraction of sp³-hybridized carbons (Fsp3) is 0.588. The second-order valence-electron chi connectivity index (χ2n) is 6.48. The lowest BCUT2D eigenvalue weighted by atomic mass is 9.88. The molecule has 1 saturated heterocycles. The van der Waals surface area contributed by atoms with Crippen LogP contribution in [-0.4, -0.2) is 24.2 Å². The summed E-state index contributed by atoms with van der Waals surface area (Å²) in [6.45, 7) is 6.10. The van der Waals surface area contributed by atoms with E-state index in [4.69, 9.17) is 10.5 Å². The molecule has 0 bridgehead atoms. The van der Waals surface area contributed by atoms with Gasteiger partial charge in [-0.25, -0.2) is 0 Å². The Labute approximate surface area is 126 Å². The van der Waals surface area contributed by atoms with Gasteiger partial charge in [0.15, 0.2) is 0 Å². The number of hydrogen-bond acceptors (Lipinski definition) is 3. The number of fused-ring (bicyclic) bond motifs is 1. The van der Waals surface area contributed by atoms with Crippen molar-refractivity contribution in [1.82, 2.24) is 5.32 Å². The maximum Gasteiger partial charge on any atom is 0.226 e. The summed E-state index contributed by atoms with van der Waals surface area (Å²) in [6.07, 6.45) is 0.909. The van der Waals surface area contributed by atoms with Gasteiger partial charge >= 0.3 is 0 Å². The Kier molecular flexibility index (Phi) is 3.76. The number of amides is 1. The lowest BCUT2D eigenvalue weighted by Gasteiger charge is -2.24. The molecular weight excluding hydrogens is 264 g/mol. The van der Waals surface area contributed by atoms with Crippen molar-refractivity contribution in [3.05, 3.63) is 35.4 Å². The van der Waals surface area contributed by atoms with Crippen molar-refractivity contribution in [1.29, 1.82) is 0 Å². The van der Waals surface area contributed by atoms with E-state index in [0.717, 1.165) is 12.0 Å². The van der Waals surface area contributed by atoms with Gasteiger partial charge in [0.25, 0.3) is 0 Å². The summed E-state index contributed by atoms with van der Waals surface area (Å²) in [7, 11) is 0. The van der Waals surface area contributed by atoms with Gasteiger partial charge in [0.05, 0.1) is 24.2 Å². The van der Waals surface area contributed by atoms with Crippen molar-refractivity contribution >= 4 is 5.91 Å². The van der Waals surface area contributed by atoms with E-state index in [1.807, 2.05) is 26.0 Å². The van der Waals surface area contributed by atoms with Gasteiger partial charge in [-0.2, -0.15) is 0 Å². The number of rotatable bonds is 2. The van der Waals surface area contributed by atoms with Crippen molar-refractivity contribution < 1.29 is 9.53 Å². The lowest BCUT2D eigenvalue weighted by Crippen LogP contribution is -2.44. The minimum absolute atomic E-state index is 0.0390. The molecule has 2 aliphatic rings. The molecule has 0 spiro atoms. The summed E-state index contributed by atoms with van der Waals surface area (Å²) in [5, 5.41) is 3.16. The molecule has 1 aliphatic carbocycles. The molecule has 6 unspecified atom stereocenters. The molecule has 4 heteroatoms. The van der Waals surface area contributed by atoms with Gasteiger partial charge in [-0.05, 0) is 37.3 Å². The molecule has 1 amide bonds. The van der Waals surface area contributed by atoms with Gasteiger partial charge in [-0.15, -0.1) is 0 Å². The summed E-state index contributed by atoms with van der Waals surface area (Å²) in [6, 6.07) is 8.05. The fourth-order valence-electron chi connectivity index (χ4n) is 3.78. The zero-order chi connectivity index (χ0) is 15.1. The second-order valence-corrected chi connectivity index (χ2v) is 6.48. The van der Waals surface area contributed by atoms with E-state index in [9.17, 15) is 4.79 Å². The van der Waals surface area contributed by atoms with Crippen LogP contribution in [0.1, 0.15) is 37.9 Å². The van der Waals surface area contributed by atoms with Crippen LogP contribution in [0.25, 0.3) is 0 Å². The summed E-state index contributed by atoms with van der Waals surface area (Å²) in [5.74, 6) is 0.198. The average molecular weight is 288 g/mol. The predicted molar refractivity (Wildman–Crippen MR) is 81.7 cm³/mol. The minimum Gasteiger partial charge on any atom is -0.374 e. The Bertz CT molecular complexity index is 545. The molecule has 1 aromatic rings. The van der Waals surface area contributed by atoms with Crippen LogP contribution in [0.15, 0.2) is 24.3 Å². The Morgan fingerprint density at radius 3 is 2.62 bits per heavy atom. The van der Waals surface area contributed by atoms with Crippen LogP contribution in [0.3, 0.4) is 0 Å². The van der Waals surface area contributed by atoms with Gasteiger partial charge in [0, 0.05) is 6.04 Å². The van der Waals surface area contributed by atoms with Crippen LogP contribution in [-0.2, 0) is 16.0 Å². The van der Waals surface area contributed by atoms with E-state index < -0.39 is 0 Å². The summed E-state index contributed by atoms with van der Waals surface area (Å²) in [4.78, 5) is 12.7. The molecule has 4 nitrogen and oxygen atoms in total. The van der Waals surface area contributed by atoms with Crippen molar-refractivity contribution in [2.45, 2.75) is 51.5 Å². The molecule has 3 rings (SSSR count). The van der Waals surface area contributed by atoms with E-state index >= 15 is 0 Å². The number of carbonyl (C=O) groups excluding carboxylic acids is 1. The third-order valence-corrected chi connectivity index (χ3v) is 5.12.